The normalized spacial score (nSPS) is 12.2. The standard InChI is InChI=1S/C32H34N4O/c1-24-9-13-26(14-10-24)21-28(17-18-29(37)23-34-19-5-6-20-34)36-31-8-4-3-7-30(31)35(32(36)33)22-27-15-11-25(2)12-16-27/h3-16,19-20,28,33H,17-18,21-23H2,1-2H3. The van der Waals surface area contributed by atoms with Crippen LogP contribution in [0.5, 0.6) is 0 Å². The lowest BCUT2D eigenvalue weighted by atomic mass is 9.99. The van der Waals surface area contributed by atoms with E-state index in [-0.39, 0.29) is 11.8 Å². The van der Waals surface area contributed by atoms with Crippen molar-refractivity contribution in [3.63, 3.8) is 0 Å². The van der Waals surface area contributed by atoms with Crippen LogP contribution in [-0.4, -0.2) is 19.5 Å². The van der Waals surface area contributed by atoms with Crippen LogP contribution in [0.2, 0.25) is 0 Å². The molecule has 5 nitrogen and oxygen atoms in total. The quantitative estimate of drug-likeness (QED) is 0.248. The molecule has 3 aromatic carbocycles. The van der Waals surface area contributed by atoms with Gasteiger partial charge in [-0.15, -0.1) is 0 Å². The van der Waals surface area contributed by atoms with Crippen LogP contribution in [-0.2, 0) is 24.3 Å². The van der Waals surface area contributed by atoms with E-state index in [4.69, 9.17) is 0 Å². The smallest absolute Gasteiger partial charge is 0.203 e. The number of hydrogen-bond donors (Lipinski definition) is 1. The fourth-order valence-corrected chi connectivity index (χ4v) is 5.06. The maximum Gasteiger partial charge on any atom is 0.203 e. The van der Waals surface area contributed by atoms with Gasteiger partial charge in [0.15, 0.2) is 5.78 Å². The Morgan fingerprint density at radius 1 is 0.784 bits per heavy atom. The van der Waals surface area contributed by atoms with Gasteiger partial charge in [-0.05, 0) is 62.1 Å². The van der Waals surface area contributed by atoms with Gasteiger partial charge < -0.3 is 13.7 Å². The summed E-state index contributed by atoms with van der Waals surface area (Å²) in [6.07, 6.45) is 5.78. The van der Waals surface area contributed by atoms with Crippen LogP contribution in [0, 0.1) is 19.3 Å². The number of ketones is 1. The molecular formula is C32H34N4O. The summed E-state index contributed by atoms with van der Waals surface area (Å²) in [6.45, 7) is 5.21. The van der Waals surface area contributed by atoms with E-state index < -0.39 is 0 Å². The number of para-hydroxylation sites is 2. The third-order valence-corrected chi connectivity index (χ3v) is 7.12. The summed E-state index contributed by atoms with van der Waals surface area (Å²) in [5.74, 6) is 0.209. The van der Waals surface area contributed by atoms with Crippen LogP contribution in [0.3, 0.4) is 0 Å². The molecule has 0 aliphatic rings. The molecule has 5 rings (SSSR count). The molecule has 0 saturated heterocycles. The molecule has 1 N–H and O–H groups in total. The number of Topliss-reactive ketones (excluding diaryl/α,β-unsaturated/α-hetero) is 1. The number of hydrogen-bond acceptors (Lipinski definition) is 2. The fourth-order valence-electron chi connectivity index (χ4n) is 5.06. The zero-order chi connectivity index (χ0) is 25.8. The first kappa shape index (κ1) is 24.6. The Morgan fingerprint density at radius 2 is 1.38 bits per heavy atom. The van der Waals surface area contributed by atoms with Gasteiger partial charge in [-0.2, -0.15) is 0 Å². The number of nitrogens with zero attached hydrogens (tertiary/aromatic N) is 3. The maximum atomic E-state index is 12.9. The van der Waals surface area contributed by atoms with Crippen molar-refractivity contribution in [2.24, 2.45) is 0 Å². The molecule has 5 aromatic rings. The molecule has 0 bridgehead atoms. The molecule has 188 valence electrons. The molecule has 5 heteroatoms. The van der Waals surface area contributed by atoms with Crippen molar-refractivity contribution in [2.45, 2.75) is 52.2 Å². The third kappa shape index (κ3) is 5.67. The average Bonchev–Trinajstić information content (AvgIpc) is 3.50. The number of fused-ring (bicyclic) bond motifs is 1. The summed E-state index contributed by atoms with van der Waals surface area (Å²) >= 11 is 0. The lowest BCUT2D eigenvalue weighted by Gasteiger charge is -2.20. The van der Waals surface area contributed by atoms with Gasteiger partial charge in [0, 0.05) is 24.9 Å². The van der Waals surface area contributed by atoms with E-state index >= 15 is 0 Å². The molecule has 0 amide bonds. The van der Waals surface area contributed by atoms with Crippen molar-refractivity contribution in [1.82, 2.24) is 13.7 Å². The zero-order valence-electron chi connectivity index (χ0n) is 21.6. The Hall–Kier alpha value is -4.12. The summed E-state index contributed by atoms with van der Waals surface area (Å²) in [4.78, 5) is 12.9. The SMILES string of the molecule is Cc1ccc(CC(CCC(=O)Cn2cccc2)n2c(=N)n(Cc3ccc(C)cc3)c3ccccc32)cc1. The maximum absolute atomic E-state index is 12.9. The van der Waals surface area contributed by atoms with Gasteiger partial charge in [-0.3, -0.25) is 10.2 Å². The summed E-state index contributed by atoms with van der Waals surface area (Å²) in [7, 11) is 0. The molecular weight excluding hydrogens is 456 g/mol. The van der Waals surface area contributed by atoms with Gasteiger partial charge in [0.1, 0.15) is 0 Å². The van der Waals surface area contributed by atoms with Crippen LogP contribution in [0.4, 0.5) is 0 Å². The van der Waals surface area contributed by atoms with Gasteiger partial charge >= 0.3 is 0 Å². The lowest BCUT2D eigenvalue weighted by Crippen LogP contribution is -2.29. The molecule has 37 heavy (non-hydrogen) atoms. The van der Waals surface area contributed by atoms with Gasteiger partial charge in [0.25, 0.3) is 0 Å². The van der Waals surface area contributed by atoms with Crippen LogP contribution in [0.1, 0.15) is 41.1 Å². The molecule has 0 saturated carbocycles. The van der Waals surface area contributed by atoms with Gasteiger partial charge in [0.2, 0.25) is 5.62 Å². The van der Waals surface area contributed by atoms with Crippen molar-refractivity contribution in [2.75, 3.05) is 0 Å². The van der Waals surface area contributed by atoms with Crippen molar-refractivity contribution in [1.29, 1.82) is 5.41 Å². The molecule has 1 unspecified atom stereocenters. The predicted molar refractivity (Wildman–Crippen MR) is 149 cm³/mol. The number of imidazole rings is 1. The summed E-state index contributed by atoms with van der Waals surface area (Å²) in [6, 6.07) is 29.3. The van der Waals surface area contributed by atoms with Crippen molar-refractivity contribution in [3.05, 3.63) is 125 Å². The molecule has 0 radical (unpaired) electrons. The highest BCUT2D eigenvalue weighted by Crippen LogP contribution is 2.25. The number of nitrogens with one attached hydrogen (secondary N) is 1. The molecule has 0 spiro atoms. The molecule has 1 atom stereocenters. The summed E-state index contributed by atoms with van der Waals surface area (Å²) in [5, 5.41) is 9.28. The van der Waals surface area contributed by atoms with Crippen LogP contribution >= 0.6 is 0 Å². The second-order valence-electron chi connectivity index (χ2n) is 10.0. The topological polar surface area (TPSA) is 55.7 Å². The Morgan fingerprint density at radius 3 is 2.03 bits per heavy atom. The highest BCUT2D eigenvalue weighted by atomic mass is 16.1. The molecule has 0 aliphatic heterocycles. The van der Waals surface area contributed by atoms with Crippen molar-refractivity contribution >= 4 is 16.8 Å². The third-order valence-electron chi connectivity index (χ3n) is 7.12. The average molecular weight is 491 g/mol. The minimum absolute atomic E-state index is 0.00649. The molecule has 2 heterocycles. The second-order valence-corrected chi connectivity index (χ2v) is 10.0. The fraction of sp³-hybridized carbons (Fsp3) is 0.250. The predicted octanol–water partition coefficient (Wildman–Crippen LogP) is 6.22. The Labute approximate surface area is 218 Å². The largest absolute Gasteiger partial charge is 0.347 e. The zero-order valence-corrected chi connectivity index (χ0v) is 21.6. The number of aromatic nitrogens is 3. The number of aryl methyl sites for hydroxylation is 2. The van der Waals surface area contributed by atoms with E-state index in [9.17, 15) is 10.2 Å². The highest BCUT2D eigenvalue weighted by molar-refractivity contribution is 5.78. The number of carbonyl (C=O) groups excluding carboxylic acids is 1. The number of benzene rings is 3. The monoisotopic (exact) mass is 490 g/mol. The molecule has 2 aromatic heterocycles. The van der Waals surface area contributed by atoms with E-state index in [1.165, 1.54) is 22.3 Å². The van der Waals surface area contributed by atoms with Gasteiger partial charge in [0.05, 0.1) is 24.1 Å². The first-order chi connectivity index (χ1) is 18.0. The second kappa shape index (κ2) is 10.9. The van der Waals surface area contributed by atoms with Gasteiger partial charge in [-0.1, -0.05) is 71.8 Å². The van der Waals surface area contributed by atoms with Crippen LogP contribution < -0.4 is 5.62 Å². The van der Waals surface area contributed by atoms with Crippen LogP contribution in [0.15, 0.2) is 97.3 Å². The van der Waals surface area contributed by atoms with Crippen LogP contribution in [0.25, 0.3) is 11.0 Å². The van der Waals surface area contributed by atoms with Crippen molar-refractivity contribution in [3.8, 4) is 0 Å². The number of rotatable bonds is 10. The Bertz CT molecular complexity index is 1540. The molecule has 0 fully saturated rings. The number of carbonyl (C=O) groups is 1. The van der Waals surface area contributed by atoms with Crippen molar-refractivity contribution < 1.29 is 4.79 Å². The summed E-state index contributed by atoms with van der Waals surface area (Å²) < 4.78 is 6.16. The first-order valence-corrected chi connectivity index (χ1v) is 13.0. The van der Waals surface area contributed by atoms with E-state index in [1.807, 2.05) is 41.2 Å². The minimum Gasteiger partial charge on any atom is -0.347 e. The van der Waals surface area contributed by atoms with E-state index in [1.54, 1.807) is 0 Å². The molecule has 0 aliphatic carbocycles. The highest BCUT2D eigenvalue weighted by Gasteiger charge is 2.21. The Balaban J connectivity index is 1.50. The van der Waals surface area contributed by atoms with E-state index in [2.05, 4.69) is 83.6 Å². The van der Waals surface area contributed by atoms with E-state index in [0.717, 1.165) is 17.5 Å². The summed E-state index contributed by atoms with van der Waals surface area (Å²) in [5.41, 5.74) is 7.39. The van der Waals surface area contributed by atoms with E-state index in [0.29, 0.717) is 31.5 Å². The lowest BCUT2D eigenvalue weighted by molar-refractivity contribution is -0.119. The van der Waals surface area contributed by atoms with Gasteiger partial charge in [-0.25, -0.2) is 0 Å². The minimum atomic E-state index is -0.00649. The Kier molecular flexibility index (Phi) is 7.22. The first-order valence-electron chi connectivity index (χ1n) is 13.0.